The number of hydrogen-bond donors (Lipinski definition) is 3. The van der Waals surface area contributed by atoms with Crippen molar-refractivity contribution in [3.05, 3.63) is 70.4 Å². The maximum atomic E-state index is 13.2. The number of nitrogens with zero attached hydrogens (tertiary/aromatic N) is 3. The van der Waals surface area contributed by atoms with Gasteiger partial charge in [0.1, 0.15) is 11.6 Å². The molecule has 0 saturated heterocycles. The Hall–Kier alpha value is -3.26. The summed E-state index contributed by atoms with van der Waals surface area (Å²) in [5.41, 5.74) is 4.03. The third-order valence-corrected chi connectivity index (χ3v) is 4.46. The van der Waals surface area contributed by atoms with E-state index in [1.165, 1.54) is 12.1 Å². The standard InChI is InChI=1S/C18H14ClFN6O/c1-9(10-2-3-14(20)13(19)4-10)24-18(27)26-16-5-15-12(8-21-16)17(25-15)11-6-22-23-7-11/h2-9H,1H3,(H,22,23)(H2,21,24,26,27). The predicted octanol–water partition coefficient (Wildman–Crippen LogP) is 3.96. The van der Waals surface area contributed by atoms with Crippen LogP contribution in [0, 0.1) is 5.82 Å². The molecule has 1 aliphatic rings. The van der Waals surface area contributed by atoms with Crippen LogP contribution in [0.2, 0.25) is 5.02 Å². The fourth-order valence-electron chi connectivity index (χ4n) is 2.73. The molecule has 7 nitrogen and oxygen atoms in total. The second-order valence-corrected chi connectivity index (χ2v) is 6.43. The molecule has 0 aliphatic carbocycles. The van der Waals surface area contributed by atoms with E-state index in [0.29, 0.717) is 11.4 Å². The zero-order valence-corrected chi connectivity index (χ0v) is 14.9. The molecule has 2 amide bonds. The summed E-state index contributed by atoms with van der Waals surface area (Å²) in [6.45, 7) is 1.77. The molecule has 0 radical (unpaired) electrons. The number of benzene rings is 1. The number of aliphatic imine (C=N–C) groups is 1. The summed E-state index contributed by atoms with van der Waals surface area (Å²) in [5, 5.41) is 12.1. The third-order valence-electron chi connectivity index (χ3n) is 4.17. The van der Waals surface area contributed by atoms with Gasteiger partial charge in [-0.2, -0.15) is 5.10 Å². The first-order valence-corrected chi connectivity index (χ1v) is 8.50. The number of carbonyl (C=O) groups is 1. The number of halogens is 2. The zero-order valence-electron chi connectivity index (χ0n) is 14.1. The number of hydrogen-bond acceptors (Lipinski definition) is 4. The Bertz CT molecular complexity index is 1050. The van der Waals surface area contributed by atoms with Gasteiger partial charge < -0.3 is 5.32 Å². The van der Waals surface area contributed by atoms with Gasteiger partial charge in [0.2, 0.25) is 0 Å². The molecule has 3 aromatic rings. The van der Waals surface area contributed by atoms with E-state index in [-0.39, 0.29) is 11.1 Å². The second kappa shape index (κ2) is 6.81. The molecule has 2 aromatic heterocycles. The van der Waals surface area contributed by atoms with Crippen molar-refractivity contribution in [2.24, 2.45) is 4.99 Å². The number of aromatic amines is 1. The summed E-state index contributed by atoms with van der Waals surface area (Å²) in [6.07, 6.45) is 5.10. The van der Waals surface area contributed by atoms with Gasteiger partial charge in [0.15, 0.2) is 0 Å². The van der Waals surface area contributed by atoms with Crippen LogP contribution in [0.3, 0.4) is 0 Å². The minimum Gasteiger partial charge on any atom is -0.331 e. The van der Waals surface area contributed by atoms with E-state index in [1.54, 1.807) is 37.6 Å². The zero-order chi connectivity index (χ0) is 19.0. The number of pyridine rings is 1. The lowest BCUT2D eigenvalue weighted by atomic mass is 10.00. The van der Waals surface area contributed by atoms with E-state index in [2.05, 4.69) is 30.8 Å². The van der Waals surface area contributed by atoms with Crippen LogP contribution in [0.5, 0.6) is 0 Å². The van der Waals surface area contributed by atoms with Crippen LogP contribution in [0.1, 0.15) is 29.7 Å². The molecule has 0 fully saturated rings. The number of rotatable bonds is 4. The van der Waals surface area contributed by atoms with Crippen molar-refractivity contribution < 1.29 is 9.18 Å². The van der Waals surface area contributed by atoms with Crippen LogP contribution in [-0.4, -0.2) is 26.9 Å². The van der Waals surface area contributed by atoms with Crippen LogP contribution >= 0.6 is 11.6 Å². The van der Waals surface area contributed by atoms with Gasteiger partial charge in [0, 0.05) is 29.6 Å². The van der Waals surface area contributed by atoms with Gasteiger partial charge in [-0.3, -0.25) is 10.4 Å². The minimum absolute atomic E-state index is 0.0110. The number of nitrogens with one attached hydrogen (secondary N) is 3. The Balaban J connectivity index is 1.40. The summed E-state index contributed by atoms with van der Waals surface area (Å²) in [6, 6.07) is 5.22. The van der Waals surface area contributed by atoms with Gasteiger partial charge in [0.05, 0.1) is 28.7 Å². The number of fused-ring (bicyclic) bond motifs is 1. The molecule has 27 heavy (non-hydrogen) atoms. The largest absolute Gasteiger partial charge is 0.331 e. The molecule has 4 rings (SSSR count). The Kier molecular flexibility index (Phi) is 4.33. The molecule has 1 atom stereocenters. The molecule has 1 unspecified atom stereocenters. The summed E-state index contributed by atoms with van der Waals surface area (Å²) in [5.74, 6) is -0.121. The normalized spacial score (nSPS) is 13.2. The lowest BCUT2D eigenvalue weighted by molar-refractivity contribution is 0.249. The van der Waals surface area contributed by atoms with Gasteiger partial charge in [-0.15, -0.1) is 0 Å². The summed E-state index contributed by atoms with van der Waals surface area (Å²) in [7, 11) is 0. The highest BCUT2D eigenvalue weighted by Crippen LogP contribution is 2.33. The van der Waals surface area contributed by atoms with E-state index in [9.17, 15) is 9.18 Å². The Morgan fingerprint density at radius 3 is 2.85 bits per heavy atom. The van der Waals surface area contributed by atoms with Crippen LogP contribution in [-0.2, 0) is 0 Å². The highest BCUT2D eigenvalue weighted by molar-refractivity contribution is 6.30. The molecule has 136 valence electrons. The lowest BCUT2D eigenvalue weighted by Crippen LogP contribution is -2.31. The molecular formula is C18H14ClFN6O. The summed E-state index contributed by atoms with van der Waals surface area (Å²) in [4.78, 5) is 20.9. The first kappa shape index (κ1) is 17.2. The van der Waals surface area contributed by atoms with E-state index in [4.69, 9.17) is 11.6 Å². The lowest BCUT2D eigenvalue weighted by Gasteiger charge is -2.19. The van der Waals surface area contributed by atoms with Crippen molar-refractivity contribution in [3.63, 3.8) is 0 Å². The fraction of sp³-hybridized carbons (Fsp3) is 0.111. The minimum atomic E-state index is -0.501. The van der Waals surface area contributed by atoms with E-state index >= 15 is 0 Å². The van der Waals surface area contributed by atoms with Gasteiger partial charge >= 0.3 is 6.03 Å². The molecule has 1 aromatic carbocycles. The molecule has 3 N–H and O–H groups in total. The number of aromatic nitrogens is 3. The molecule has 1 aliphatic heterocycles. The van der Waals surface area contributed by atoms with Crippen molar-refractivity contribution in [1.29, 1.82) is 0 Å². The van der Waals surface area contributed by atoms with Crippen LogP contribution in [0.4, 0.5) is 20.7 Å². The number of anilines is 1. The third kappa shape index (κ3) is 3.39. The number of H-pyrrole nitrogens is 1. The first-order valence-electron chi connectivity index (χ1n) is 8.12. The van der Waals surface area contributed by atoms with E-state index in [0.717, 1.165) is 22.5 Å². The Labute approximate surface area is 158 Å². The van der Waals surface area contributed by atoms with Gasteiger partial charge in [0.25, 0.3) is 0 Å². The maximum Gasteiger partial charge on any atom is 0.320 e. The van der Waals surface area contributed by atoms with Crippen LogP contribution < -0.4 is 10.6 Å². The number of carbonyl (C=O) groups excluding carboxylic acids is 1. The van der Waals surface area contributed by atoms with E-state index < -0.39 is 11.8 Å². The summed E-state index contributed by atoms with van der Waals surface area (Å²) < 4.78 is 13.2. The highest BCUT2D eigenvalue weighted by Gasteiger charge is 2.22. The number of amides is 2. The second-order valence-electron chi connectivity index (χ2n) is 6.03. The van der Waals surface area contributed by atoms with Crippen molar-refractivity contribution in [1.82, 2.24) is 20.5 Å². The van der Waals surface area contributed by atoms with Gasteiger partial charge in [-0.1, -0.05) is 17.7 Å². The Morgan fingerprint density at radius 1 is 1.30 bits per heavy atom. The molecule has 9 heteroatoms. The number of urea groups is 1. The van der Waals surface area contributed by atoms with Gasteiger partial charge in [-0.25, -0.2) is 19.2 Å². The fourth-order valence-corrected chi connectivity index (χ4v) is 2.92. The SMILES string of the molecule is CC(NC(=O)Nc1cc2c(cn1)C(c1cn[nH]c1)=N2)c1ccc(F)c(Cl)c1. The quantitative estimate of drug-likeness (QED) is 0.497. The molecule has 3 heterocycles. The summed E-state index contributed by atoms with van der Waals surface area (Å²) >= 11 is 5.78. The molecule has 0 saturated carbocycles. The molecular weight excluding hydrogens is 371 g/mol. The predicted molar refractivity (Wildman–Crippen MR) is 100 cm³/mol. The van der Waals surface area contributed by atoms with Crippen molar-refractivity contribution >= 4 is 34.8 Å². The van der Waals surface area contributed by atoms with Crippen molar-refractivity contribution in [2.45, 2.75) is 13.0 Å². The maximum absolute atomic E-state index is 13.2. The van der Waals surface area contributed by atoms with Gasteiger partial charge in [-0.05, 0) is 24.6 Å². The monoisotopic (exact) mass is 384 g/mol. The highest BCUT2D eigenvalue weighted by atomic mass is 35.5. The van der Waals surface area contributed by atoms with Crippen LogP contribution in [0.25, 0.3) is 0 Å². The topological polar surface area (TPSA) is 95.1 Å². The van der Waals surface area contributed by atoms with Crippen LogP contribution in [0.15, 0.2) is 47.8 Å². The van der Waals surface area contributed by atoms with Crippen molar-refractivity contribution in [3.8, 4) is 0 Å². The van der Waals surface area contributed by atoms with Crippen molar-refractivity contribution in [2.75, 3.05) is 5.32 Å². The average molecular weight is 385 g/mol. The molecule has 0 spiro atoms. The average Bonchev–Trinajstić information content (AvgIpc) is 3.13. The Morgan fingerprint density at radius 2 is 2.15 bits per heavy atom. The smallest absolute Gasteiger partial charge is 0.320 e. The van der Waals surface area contributed by atoms with E-state index in [1.807, 2.05) is 0 Å². The first-order chi connectivity index (χ1) is 13.0. The molecule has 0 bridgehead atoms.